The molecule has 0 aliphatic carbocycles. The first-order valence-corrected chi connectivity index (χ1v) is 8.20. The lowest BCUT2D eigenvalue weighted by molar-refractivity contribution is 0.101. The highest BCUT2D eigenvalue weighted by molar-refractivity contribution is 6.07. The van der Waals surface area contributed by atoms with Crippen molar-refractivity contribution < 1.29 is 9.59 Å². The van der Waals surface area contributed by atoms with Crippen molar-refractivity contribution in [2.24, 2.45) is 0 Å². The van der Waals surface area contributed by atoms with Crippen molar-refractivity contribution in [3.8, 4) is 0 Å². The van der Waals surface area contributed by atoms with Gasteiger partial charge in [0.25, 0.3) is 5.91 Å². The van der Waals surface area contributed by atoms with Gasteiger partial charge in [0.2, 0.25) is 0 Å². The lowest BCUT2D eigenvalue weighted by Crippen LogP contribution is -2.19. The number of aromatic nitrogens is 2. The summed E-state index contributed by atoms with van der Waals surface area (Å²) in [4.78, 5) is 33.8. The van der Waals surface area contributed by atoms with Gasteiger partial charge in [-0.25, -0.2) is 4.98 Å². The van der Waals surface area contributed by atoms with Crippen LogP contribution in [0.1, 0.15) is 51.9 Å². The second kappa shape index (κ2) is 6.47. The van der Waals surface area contributed by atoms with Gasteiger partial charge in [-0.05, 0) is 51.3 Å². The van der Waals surface area contributed by atoms with Gasteiger partial charge in [0.05, 0.1) is 11.9 Å². The highest BCUT2D eigenvalue weighted by Gasteiger charge is 2.20. The molecule has 0 bridgehead atoms. The minimum atomic E-state index is -0.265. The molecule has 0 radical (unpaired) electrons. The van der Waals surface area contributed by atoms with E-state index in [1.807, 2.05) is 12.1 Å². The fourth-order valence-electron chi connectivity index (χ4n) is 3.29. The van der Waals surface area contributed by atoms with Gasteiger partial charge >= 0.3 is 0 Å². The highest BCUT2D eigenvalue weighted by Crippen LogP contribution is 2.21. The molecular formula is C18H22N4O2. The zero-order chi connectivity index (χ0) is 17.3. The second-order valence-electron chi connectivity index (χ2n) is 6.23. The molecule has 3 heterocycles. The van der Waals surface area contributed by atoms with Gasteiger partial charge in [-0.2, -0.15) is 0 Å². The van der Waals surface area contributed by atoms with Gasteiger partial charge in [0.15, 0.2) is 5.78 Å². The molecule has 6 nitrogen and oxygen atoms in total. The Bertz CT molecular complexity index is 771. The maximum Gasteiger partial charge on any atom is 0.272 e. The van der Waals surface area contributed by atoms with Crippen molar-refractivity contribution in [2.75, 3.05) is 23.3 Å². The van der Waals surface area contributed by atoms with E-state index < -0.39 is 0 Å². The van der Waals surface area contributed by atoms with E-state index in [4.69, 9.17) is 0 Å². The maximum atomic E-state index is 12.5. The van der Waals surface area contributed by atoms with Crippen molar-refractivity contribution in [3.63, 3.8) is 0 Å². The van der Waals surface area contributed by atoms with Crippen LogP contribution in [0.4, 0.5) is 11.5 Å². The molecule has 1 aliphatic rings. The average Bonchev–Trinajstić information content (AvgIpc) is 3.16. The minimum Gasteiger partial charge on any atom is -0.357 e. The van der Waals surface area contributed by atoms with Crippen LogP contribution in [0.5, 0.6) is 0 Å². The fourth-order valence-corrected chi connectivity index (χ4v) is 3.29. The standard InChI is InChI=1S/C18H22N4O2/c1-11-16(13(3)23)12(2)20-17(11)18(24)21-14-6-7-15(19-10-14)22-8-4-5-9-22/h6-7,10,20H,4-5,8-9H2,1-3H3,(H,21,24). The summed E-state index contributed by atoms with van der Waals surface area (Å²) in [5, 5.41) is 2.83. The third kappa shape index (κ3) is 3.04. The molecule has 0 aromatic carbocycles. The Morgan fingerprint density at radius 3 is 2.46 bits per heavy atom. The number of carbonyl (C=O) groups is 2. The number of hydrogen-bond acceptors (Lipinski definition) is 4. The Kier molecular flexibility index (Phi) is 4.38. The molecule has 0 saturated carbocycles. The predicted octanol–water partition coefficient (Wildman–Crippen LogP) is 3.08. The second-order valence-corrected chi connectivity index (χ2v) is 6.23. The highest BCUT2D eigenvalue weighted by atomic mass is 16.2. The van der Waals surface area contributed by atoms with Crippen LogP contribution in [-0.4, -0.2) is 34.7 Å². The SMILES string of the molecule is CC(=O)c1c(C)[nH]c(C(=O)Nc2ccc(N3CCCC3)nc2)c1C. The molecule has 1 fully saturated rings. The Labute approximate surface area is 141 Å². The van der Waals surface area contributed by atoms with Crippen molar-refractivity contribution >= 4 is 23.2 Å². The van der Waals surface area contributed by atoms with E-state index >= 15 is 0 Å². The number of aromatic amines is 1. The number of carbonyl (C=O) groups excluding carboxylic acids is 2. The third-order valence-electron chi connectivity index (χ3n) is 4.45. The van der Waals surface area contributed by atoms with Crippen LogP contribution >= 0.6 is 0 Å². The zero-order valence-corrected chi connectivity index (χ0v) is 14.3. The van der Waals surface area contributed by atoms with Gasteiger partial charge < -0.3 is 15.2 Å². The van der Waals surface area contributed by atoms with Gasteiger partial charge in [-0.15, -0.1) is 0 Å². The molecule has 1 aliphatic heterocycles. The quantitative estimate of drug-likeness (QED) is 0.846. The van der Waals surface area contributed by atoms with Crippen LogP contribution in [-0.2, 0) is 0 Å². The summed E-state index contributed by atoms with van der Waals surface area (Å²) < 4.78 is 0. The first-order valence-electron chi connectivity index (χ1n) is 8.20. The Morgan fingerprint density at radius 1 is 1.21 bits per heavy atom. The number of nitrogens with one attached hydrogen (secondary N) is 2. The topological polar surface area (TPSA) is 78.1 Å². The van der Waals surface area contributed by atoms with Crippen molar-refractivity contribution in [2.45, 2.75) is 33.6 Å². The summed E-state index contributed by atoms with van der Waals surface area (Å²) in [5.74, 6) is 0.631. The lowest BCUT2D eigenvalue weighted by atomic mass is 10.1. The molecule has 2 aromatic rings. The first kappa shape index (κ1) is 16.2. The van der Waals surface area contributed by atoms with Crippen molar-refractivity contribution in [3.05, 3.63) is 40.8 Å². The zero-order valence-electron chi connectivity index (χ0n) is 14.3. The van der Waals surface area contributed by atoms with Crippen LogP contribution in [0, 0.1) is 13.8 Å². The van der Waals surface area contributed by atoms with E-state index in [0.29, 0.717) is 28.2 Å². The van der Waals surface area contributed by atoms with Crippen LogP contribution in [0.2, 0.25) is 0 Å². The van der Waals surface area contributed by atoms with Gasteiger partial charge in [0.1, 0.15) is 11.5 Å². The number of rotatable bonds is 4. The van der Waals surface area contributed by atoms with Crippen molar-refractivity contribution in [1.82, 2.24) is 9.97 Å². The van der Waals surface area contributed by atoms with E-state index in [-0.39, 0.29) is 11.7 Å². The molecule has 2 aromatic heterocycles. The number of nitrogens with zero attached hydrogens (tertiary/aromatic N) is 2. The van der Waals surface area contributed by atoms with Crippen LogP contribution in [0.25, 0.3) is 0 Å². The molecule has 2 N–H and O–H groups in total. The number of Topliss-reactive ketones (excluding diaryl/α,β-unsaturated/α-hetero) is 1. The molecule has 24 heavy (non-hydrogen) atoms. The summed E-state index contributed by atoms with van der Waals surface area (Å²) in [6.07, 6.45) is 4.07. The van der Waals surface area contributed by atoms with Crippen LogP contribution in [0.15, 0.2) is 18.3 Å². The van der Waals surface area contributed by atoms with Gasteiger partial charge in [0, 0.05) is 24.3 Å². The normalized spacial score (nSPS) is 14.0. The number of anilines is 2. The molecule has 0 spiro atoms. The molecule has 1 saturated heterocycles. The minimum absolute atomic E-state index is 0.0445. The summed E-state index contributed by atoms with van der Waals surface area (Å²) in [6.45, 7) is 7.16. The molecule has 3 rings (SSSR count). The van der Waals surface area contributed by atoms with E-state index in [2.05, 4.69) is 20.2 Å². The smallest absolute Gasteiger partial charge is 0.272 e. The molecule has 6 heteroatoms. The van der Waals surface area contributed by atoms with Crippen LogP contribution < -0.4 is 10.2 Å². The lowest BCUT2D eigenvalue weighted by Gasteiger charge is -2.16. The fraction of sp³-hybridized carbons (Fsp3) is 0.389. The largest absolute Gasteiger partial charge is 0.357 e. The number of aryl methyl sites for hydroxylation is 1. The molecule has 0 atom stereocenters. The maximum absolute atomic E-state index is 12.5. The van der Waals surface area contributed by atoms with Gasteiger partial charge in [-0.3, -0.25) is 9.59 Å². The van der Waals surface area contributed by atoms with Crippen molar-refractivity contribution in [1.29, 1.82) is 0 Å². The number of pyridine rings is 1. The van der Waals surface area contributed by atoms with E-state index in [0.717, 1.165) is 18.9 Å². The monoisotopic (exact) mass is 326 g/mol. The summed E-state index contributed by atoms with van der Waals surface area (Å²) in [6, 6.07) is 3.78. The summed E-state index contributed by atoms with van der Waals surface area (Å²) in [5.41, 5.74) is 3.04. The predicted molar refractivity (Wildman–Crippen MR) is 93.9 cm³/mol. The van der Waals surface area contributed by atoms with Crippen LogP contribution in [0.3, 0.4) is 0 Å². The van der Waals surface area contributed by atoms with E-state index in [1.54, 1.807) is 20.0 Å². The number of H-pyrrole nitrogens is 1. The Hall–Kier alpha value is -2.63. The molecule has 126 valence electrons. The van der Waals surface area contributed by atoms with Gasteiger partial charge in [-0.1, -0.05) is 0 Å². The number of hydrogen-bond donors (Lipinski definition) is 2. The molecule has 0 unspecified atom stereocenters. The third-order valence-corrected chi connectivity index (χ3v) is 4.45. The Balaban J connectivity index is 1.75. The first-order chi connectivity index (χ1) is 11.5. The summed E-state index contributed by atoms with van der Waals surface area (Å²) in [7, 11) is 0. The number of ketones is 1. The van der Waals surface area contributed by atoms with E-state index in [9.17, 15) is 9.59 Å². The number of amides is 1. The average molecular weight is 326 g/mol. The Morgan fingerprint density at radius 2 is 1.92 bits per heavy atom. The molecular weight excluding hydrogens is 304 g/mol. The molecule has 1 amide bonds. The van der Waals surface area contributed by atoms with E-state index in [1.165, 1.54) is 19.8 Å². The summed E-state index contributed by atoms with van der Waals surface area (Å²) >= 11 is 0.